The Kier molecular flexibility index (Phi) is 5.30. The second-order valence-electron chi connectivity index (χ2n) is 6.98. The van der Waals surface area contributed by atoms with Crippen LogP contribution in [-0.2, 0) is 0 Å². The monoisotopic (exact) mass is 396 g/mol. The molecular weight excluding hydrogens is 376 g/mol. The molecule has 0 spiro atoms. The van der Waals surface area contributed by atoms with Gasteiger partial charge in [0.05, 0.1) is 10.6 Å². The molecule has 0 atom stereocenters. The number of benzene rings is 1. The van der Waals surface area contributed by atoms with Crippen LogP contribution in [0.2, 0.25) is 5.02 Å². The lowest BCUT2D eigenvalue weighted by atomic mass is 9.95. The predicted molar refractivity (Wildman–Crippen MR) is 109 cm³/mol. The third kappa shape index (κ3) is 3.73. The Morgan fingerprint density at radius 2 is 1.75 bits per heavy atom. The molecule has 0 unspecified atom stereocenters. The number of hydrogen-bond donors (Lipinski definition) is 2. The lowest BCUT2D eigenvalue weighted by Crippen LogP contribution is -2.37. The molecule has 2 aromatic heterocycles. The fourth-order valence-corrected chi connectivity index (χ4v) is 3.84. The third-order valence-corrected chi connectivity index (χ3v) is 5.37. The molecule has 6 nitrogen and oxygen atoms in total. The summed E-state index contributed by atoms with van der Waals surface area (Å²) in [5.74, 6) is -0.412. The zero-order valence-electron chi connectivity index (χ0n) is 15.3. The normalized spacial score (nSPS) is 14.8. The Balaban J connectivity index is 1.66. The van der Waals surface area contributed by atoms with Crippen molar-refractivity contribution >= 4 is 34.9 Å². The maximum Gasteiger partial charge on any atom is 0.272 e. The topological polar surface area (TPSA) is 75.5 Å². The van der Waals surface area contributed by atoms with Gasteiger partial charge in [-0.3, -0.25) is 14.0 Å². The lowest BCUT2D eigenvalue weighted by Gasteiger charge is -2.22. The van der Waals surface area contributed by atoms with Crippen LogP contribution in [-0.4, -0.2) is 27.2 Å². The summed E-state index contributed by atoms with van der Waals surface area (Å²) in [5.41, 5.74) is 1.24. The molecule has 1 aliphatic carbocycles. The molecule has 0 bridgehead atoms. The Labute approximate surface area is 167 Å². The number of nitrogens with zero attached hydrogens (tertiary/aromatic N) is 2. The first kappa shape index (κ1) is 18.5. The summed E-state index contributed by atoms with van der Waals surface area (Å²) in [5, 5.41) is 6.20. The van der Waals surface area contributed by atoms with Crippen LogP contribution in [0.5, 0.6) is 0 Å². The van der Waals surface area contributed by atoms with Crippen LogP contribution < -0.4 is 10.6 Å². The van der Waals surface area contributed by atoms with Gasteiger partial charge in [-0.05, 0) is 37.1 Å². The molecule has 0 aliphatic heterocycles. The molecule has 7 heteroatoms. The highest BCUT2D eigenvalue weighted by Crippen LogP contribution is 2.23. The second-order valence-corrected chi connectivity index (χ2v) is 7.39. The second kappa shape index (κ2) is 8.02. The van der Waals surface area contributed by atoms with Gasteiger partial charge >= 0.3 is 0 Å². The zero-order valence-corrected chi connectivity index (χ0v) is 16.1. The van der Waals surface area contributed by atoms with E-state index in [1.54, 1.807) is 40.9 Å². The molecule has 1 aromatic carbocycles. The molecule has 1 fully saturated rings. The highest BCUT2D eigenvalue weighted by atomic mass is 35.5. The summed E-state index contributed by atoms with van der Waals surface area (Å²) in [6.45, 7) is 0. The number of imidazole rings is 1. The van der Waals surface area contributed by atoms with E-state index in [1.807, 2.05) is 12.1 Å². The minimum atomic E-state index is -0.402. The van der Waals surface area contributed by atoms with Crippen LogP contribution in [0.25, 0.3) is 5.65 Å². The van der Waals surface area contributed by atoms with Crippen molar-refractivity contribution in [3.63, 3.8) is 0 Å². The molecule has 1 aliphatic rings. The average Bonchev–Trinajstić information content (AvgIpc) is 3.07. The third-order valence-electron chi connectivity index (χ3n) is 5.04. The van der Waals surface area contributed by atoms with Gasteiger partial charge in [-0.1, -0.05) is 49.1 Å². The first-order valence-corrected chi connectivity index (χ1v) is 9.85. The number of nitrogens with one attached hydrogen (secondary N) is 2. The number of aromatic nitrogens is 2. The number of carbonyl (C=O) groups is 2. The van der Waals surface area contributed by atoms with Crippen molar-refractivity contribution in [1.82, 2.24) is 14.7 Å². The standard InChI is InChI=1S/C21H21ClN4O2/c22-16-11-5-4-10-15(16)20(27)25-19-18(26-13-7-6-12-17(26)24-19)21(28)23-14-8-2-1-3-9-14/h4-7,10-14H,1-3,8-9H2,(H,23,28)(H,25,27). The first-order chi connectivity index (χ1) is 13.6. The molecule has 0 radical (unpaired) electrons. The maximum absolute atomic E-state index is 13.0. The van der Waals surface area contributed by atoms with E-state index in [1.165, 1.54) is 6.42 Å². The Morgan fingerprint density at radius 3 is 2.54 bits per heavy atom. The number of carbonyl (C=O) groups excluding carboxylic acids is 2. The molecule has 144 valence electrons. The SMILES string of the molecule is O=C(Nc1nc2ccccn2c1C(=O)NC1CCCCC1)c1ccccc1Cl. The van der Waals surface area contributed by atoms with E-state index < -0.39 is 5.91 Å². The number of amides is 2. The fourth-order valence-electron chi connectivity index (χ4n) is 3.62. The van der Waals surface area contributed by atoms with E-state index >= 15 is 0 Å². The fraction of sp³-hybridized carbons (Fsp3) is 0.286. The van der Waals surface area contributed by atoms with E-state index in [-0.39, 0.29) is 17.8 Å². The molecule has 4 rings (SSSR count). The van der Waals surface area contributed by atoms with Crippen LogP contribution in [0, 0.1) is 0 Å². The molecular formula is C21H21ClN4O2. The molecule has 1 saturated carbocycles. The number of fused-ring (bicyclic) bond motifs is 1. The largest absolute Gasteiger partial charge is 0.348 e. The summed E-state index contributed by atoms with van der Waals surface area (Å²) < 4.78 is 1.69. The Hall–Kier alpha value is -2.86. The van der Waals surface area contributed by atoms with E-state index in [0.29, 0.717) is 21.9 Å². The van der Waals surface area contributed by atoms with E-state index in [9.17, 15) is 9.59 Å². The van der Waals surface area contributed by atoms with Crippen LogP contribution in [0.1, 0.15) is 53.0 Å². The number of hydrogen-bond acceptors (Lipinski definition) is 3. The smallest absolute Gasteiger partial charge is 0.272 e. The van der Waals surface area contributed by atoms with E-state index in [4.69, 9.17) is 11.6 Å². The Morgan fingerprint density at radius 1 is 1.00 bits per heavy atom. The van der Waals surface area contributed by atoms with Gasteiger partial charge in [-0.2, -0.15) is 0 Å². The van der Waals surface area contributed by atoms with Crippen molar-refractivity contribution in [3.8, 4) is 0 Å². The molecule has 0 saturated heterocycles. The van der Waals surface area contributed by atoms with Crippen LogP contribution in [0.3, 0.4) is 0 Å². The number of anilines is 1. The highest BCUT2D eigenvalue weighted by Gasteiger charge is 2.24. The zero-order chi connectivity index (χ0) is 19.5. The predicted octanol–water partition coefficient (Wildman–Crippen LogP) is 4.30. The number of halogens is 1. The van der Waals surface area contributed by atoms with E-state index in [0.717, 1.165) is 25.7 Å². The van der Waals surface area contributed by atoms with Crippen molar-refractivity contribution in [3.05, 3.63) is 64.9 Å². The first-order valence-electron chi connectivity index (χ1n) is 9.47. The molecule has 3 aromatic rings. The lowest BCUT2D eigenvalue weighted by molar-refractivity contribution is 0.0922. The van der Waals surface area contributed by atoms with Gasteiger partial charge in [0, 0.05) is 12.2 Å². The summed E-state index contributed by atoms with van der Waals surface area (Å²) >= 11 is 6.13. The molecule has 2 N–H and O–H groups in total. The number of pyridine rings is 1. The quantitative estimate of drug-likeness (QED) is 0.690. The van der Waals surface area contributed by atoms with Gasteiger partial charge in [0.25, 0.3) is 11.8 Å². The van der Waals surface area contributed by atoms with Gasteiger partial charge in [-0.15, -0.1) is 0 Å². The minimum Gasteiger partial charge on any atom is -0.348 e. The van der Waals surface area contributed by atoms with Crippen LogP contribution >= 0.6 is 11.6 Å². The number of rotatable bonds is 4. The van der Waals surface area contributed by atoms with Crippen molar-refractivity contribution in [1.29, 1.82) is 0 Å². The summed E-state index contributed by atoms with van der Waals surface area (Å²) in [4.78, 5) is 30.2. The van der Waals surface area contributed by atoms with Gasteiger partial charge in [0.1, 0.15) is 5.65 Å². The van der Waals surface area contributed by atoms with Crippen molar-refractivity contribution < 1.29 is 9.59 Å². The van der Waals surface area contributed by atoms with Gasteiger partial charge in [-0.25, -0.2) is 4.98 Å². The van der Waals surface area contributed by atoms with Crippen molar-refractivity contribution in [2.24, 2.45) is 0 Å². The van der Waals surface area contributed by atoms with Crippen LogP contribution in [0.15, 0.2) is 48.7 Å². The summed E-state index contributed by atoms with van der Waals surface area (Å²) in [7, 11) is 0. The average molecular weight is 397 g/mol. The van der Waals surface area contributed by atoms with E-state index in [2.05, 4.69) is 15.6 Å². The molecule has 2 heterocycles. The minimum absolute atomic E-state index is 0.155. The van der Waals surface area contributed by atoms with Gasteiger partial charge in [0.2, 0.25) is 0 Å². The summed E-state index contributed by atoms with van der Waals surface area (Å²) in [6.07, 6.45) is 7.17. The van der Waals surface area contributed by atoms with Gasteiger partial charge < -0.3 is 10.6 Å². The molecule has 28 heavy (non-hydrogen) atoms. The van der Waals surface area contributed by atoms with Crippen molar-refractivity contribution in [2.75, 3.05) is 5.32 Å². The van der Waals surface area contributed by atoms with Crippen LogP contribution in [0.4, 0.5) is 5.82 Å². The Bertz CT molecular complexity index is 1020. The highest BCUT2D eigenvalue weighted by molar-refractivity contribution is 6.34. The van der Waals surface area contributed by atoms with Crippen molar-refractivity contribution in [2.45, 2.75) is 38.1 Å². The maximum atomic E-state index is 13.0. The molecule has 2 amide bonds. The van der Waals surface area contributed by atoms with Gasteiger partial charge in [0.15, 0.2) is 11.5 Å². The summed E-state index contributed by atoms with van der Waals surface area (Å²) in [6, 6.07) is 12.4.